The van der Waals surface area contributed by atoms with Gasteiger partial charge in [-0.25, -0.2) is 4.98 Å². The highest BCUT2D eigenvalue weighted by atomic mass is 16.5. The van der Waals surface area contributed by atoms with Crippen LogP contribution in [0.2, 0.25) is 0 Å². The average Bonchev–Trinajstić information content (AvgIpc) is 3.21. The molecular weight excluding hydrogens is 340 g/mol. The number of nitrogens with zero attached hydrogens (tertiary/aromatic N) is 2. The third kappa shape index (κ3) is 4.96. The molecule has 0 radical (unpaired) electrons. The number of carbonyl (C=O) groups excluding carboxylic acids is 1. The Morgan fingerprint density at radius 2 is 2.00 bits per heavy atom. The van der Waals surface area contributed by atoms with Crippen molar-refractivity contribution in [2.24, 2.45) is 0 Å². The van der Waals surface area contributed by atoms with Crippen molar-refractivity contribution in [3.8, 4) is 5.75 Å². The molecule has 2 fully saturated rings. The molecule has 0 bridgehead atoms. The second-order valence-electron chi connectivity index (χ2n) is 7.49. The lowest BCUT2D eigenvalue weighted by Gasteiger charge is -2.24. The molecule has 1 amide bonds. The van der Waals surface area contributed by atoms with Crippen LogP contribution in [0, 0.1) is 0 Å². The number of piperidine rings is 1. The number of anilines is 1. The van der Waals surface area contributed by atoms with Crippen molar-refractivity contribution in [3.05, 3.63) is 30.5 Å². The highest BCUT2D eigenvalue weighted by Crippen LogP contribution is 2.24. The predicted molar refractivity (Wildman–Crippen MR) is 107 cm³/mol. The van der Waals surface area contributed by atoms with Gasteiger partial charge in [-0.15, -0.1) is 0 Å². The SMILES string of the molecule is O=C(CCN1CCCC1)Nc1cc2cc(OC3CCNCC3)ccc2cn1. The van der Waals surface area contributed by atoms with Crippen molar-refractivity contribution in [1.29, 1.82) is 0 Å². The van der Waals surface area contributed by atoms with Crippen molar-refractivity contribution < 1.29 is 9.53 Å². The third-order valence-electron chi connectivity index (χ3n) is 5.40. The minimum absolute atomic E-state index is 0.0239. The summed E-state index contributed by atoms with van der Waals surface area (Å²) in [5.74, 6) is 1.51. The summed E-state index contributed by atoms with van der Waals surface area (Å²) in [6.45, 7) is 5.07. The van der Waals surface area contributed by atoms with E-state index in [-0.39, 0.29) is 12.0 Å². The number of amides is 1. The topological polar surface area (TPSA) is 66.5 Å². The van der Waals surface area contributed by atoms with Crippen LogP contribution in [0.3, 0.4) is 0 Å². The van der Waals surface area contributed by atoms with Gasteiger partial charge in [0.25, 0.3) is 0 Å². The normalized spacial score (nSPS) is 18.7. The fraction of sp³-hybridized carbons (Fsp3) is 0.524. The molecule has 0 unspecified atom stereocenters. The van der Waals surface area contributed by atoms with Crippen LogP contribution < -0.4 is 15.4 Å². The highest BCUT2D eigenvalue weighted by molar-refractivity contribution is 5.93. The van der Waals surface area contributed by atoms with Gasteiger partial charge in [0.05, 0.1) is 0 Å². The first-order valence-electron chi connectivity index (χ1n) is 10.1. The Kier molecular flexibility index (Phi) is 5.84. The number of benzene rings is 1. The first kappa shape index (κ1) is 18.2. The van der Waals surface area contributed by atoms with Crippen LogP contribution in [0.15, 0.2) is 30.5 Å². The average molecular weight is 368 g/mol. The Hall–Kier alpha value is -2.18. The molecule has 27 heavy (non-hydrogen) atoms. The number of pyridine rings is 1. The number of rotatable bonds is 6. The van der Waals surface area contributed by atoms with Gasteiger partial charge in [0, 0.05) is 24.5 Å². The molecule has 0 saturated carbocycles. The van der Waals surface area contributed by atoms with Crippen LogP contribution >= 0.6 is 0 Å². The van der Waals surface area contributed by atoms with E-state index in [2.05, 4.69) is 20.5 Å². The number of likely N-dealkylation sites (tertiary alicyclic amines) is 1. The number of fused-ring (bicyclic) bond motifs is 1. The maximum absolute atomic E-state index is 12.2. The number of nitrogens with one attached hydrogen (secondary N) is 2. The summed E-state index contributed by atoms with van der Waals surface area (Å²) in [5, 5.41) is 8.36. The van der Waals surface area contributed by atoms with Gasteiger partial charge >= 0.3 is 0 Å². The van der Waals surface area contributed by atoms with E-state index < -0.39 is 0 Å². The highest BCUT2D eigenvalue weighted by Gasteiger charge is 2.15. The van der Waals surface area contributed by atoms with E-state index in [1.165, 1.54) is 12.8 Å². The van der Waals surface area contributed by atoms with E-state index in [0.29, 0.717) is 12.2 Å². The summed E-state index contributed by atoms with van der Waals surface area (Å²) in [6, 6.07) is 8.00. The minimum Gasteiger partial charge on any atom is -0.490 e. The molecule has 2 N–H and O–H groups in total. The zero-order valence-corrected chi connectivity index (χ0v) is 15.7. The van der Waals surface area contributed by atoms with Gasteiger partial charge < -0.3 is 20.3 Å². The number of hydrogen-bond donors (Lipinski definition) is 2. The Morgan fingerprint density at radius 1 is 1.19 bits per heavy atom. The molecule has 3 heterocycles. The minimum atomic E-state index is 0.0239. The molecule has 2 aliphatic heterocycles. The van der Waals surface area contributed by atoms with Crippen LogP contribution in [0.4, 0.5) is 5.82 Å². The van der Waals surface area contributed by atoms with Gasteiger partial charge in [-0.05, 0) is 81.5 Å². The van der Waals surface area contributed by atoms with Gasteiger partial charge in [0.2, 0.25) is 5.91 Å². The quantitative estimate of drug-likeness (QED) is 0.821. The molecule has 6 nitrogen and oxygen atoms in total. The van der Waals surface area contributed by atoms with E-state index in [0.717, 1.165) is 62.1 Å². The standard InChI is InChI=1S/C21H28N4O2/c26-21(7-12-25-10-1-2-11-25)24-20-14-17-13-19(4-3-16(17)15-23-20)27-18-5-8-22-9-6-18/h3-4,13-15,18,22H,1-2,5-12H2,(H,23,24,26). The molecule has 0 aliphatic carbocycles. The molecular formula is C21H28N4O2. The molecule has 0 atom stereocenters. The Balaban J connectivity index is 1.38. The van der Waals surface area contributed by atoms with Crippen molar-refractivity contribution >= 4 is 22.5 Å². The van der Waals surface area contributed by atoms with Crippen molar-refractivity contribution in [3.63, 3.8) is 0 Å². The van der Waals surface area contributed by atoms with Crippen molar-refractivity contribution in [2.45, 2.75) is 38.2 Å². The van der Waals surface area contributed by atoms with Crippen LogP contribution in [-0.2, 0) is 4.79 Å². The predicted octanol–water partition coefficient (Wildman–Crippen LogP) is 2.79. The van der Waals surface area contributed by atoms with Crippen LogP contribution in [0.25, 0.3) is 10.8 Å². The van der Waals surface area contributed by atoms with Gasteiger partial charge in [-0.1, -0.05) is 0 Å². The lowest BCUT2D eigenvalue weighted by molar-refractivity contribution is -0.116. The lowest BCUT2D eigenvalue weighted by Crippen LogP contribution is -2.34. The van der Waals surface area contributed by atoms with E-state index in [1.807, 2.05) is 24.3 Å². The zero-order valence-electron chi connectivity index (χ0n) is 15.7. The zero-order chi connectivity index (χ0) is 18.5. The maximum atomic E-state index is 12.2. The molecule has 0 spiro atoms. The fourth-order valence-corrected chi connectivity index (χ4v) is 3.84. The largest absolute Gasteiger partial charge is 0.490 e. The molecule has 2 saturated heterocycles. The second kappa shape index (κ2) is 8.67. The summed E-state index contributed by atoms with van der Waals surface area (Å²) in [6.07, 6.45) is 7.15. The molecule has 1 aromatic heterocycles. The first-order valence-corrected chi connectivity index (χ1v) is 10.1. The molecule has 2 aliphatic rings. The maximum Gasteiger partial charge on any atom is 0.226 e. The van der Waals surface area contributed by atoms with Gasteiger partial charge in [-0.3, -0.25) is 4.79 Å². The summed E-state index contributed by atoms with van der Waals surface area (Å²) in [5.41, 5.74) is 0. The molecule has 144 valence electrons. The third-order valence-corrected chi connectivity index (χ3v) is 5.40. The Labute approximate surface area is 160 Å². The summed E-state index contributed by atoms with van der Waals surface area (Å²) < 4.78 is 6.13. The molecule has 1 aromatic carbocycles. The van der Waals surface area contributed by atoms with E-state index in [9.17, 15) is 4.79 Å². The molecule has 2 aromatic rings. The smallest absolute Gasteiger partial charge is 0.226 e. The van der Waals surface area contributed by atoms with Crippen molar-refractivity contribution in [2.75, 3.05) is 38.0 Å². The van der Waals surface area contributed by atoms with E-state index in [4.69, 9.17) is 4.74 Å². The number of hydrogen-bond acceptors (Lipinski definition) is 5. The number of aromatic nitrogens is 1. The van der Waals surface area contributed by atoms with Crippen molar-refractivity contribution in [1.82, 2.24) is 15.2 Å². The monoisotopic (exact) mass is 368 g/mol. The van der Waals surface area contributed by atoms with Crippen LogP contribution in [0.1, 0.15) is 32.1 Å². The summed E-state index contributed by atoms with van der Waals surface area (Å²) >= 11 is 0. The van der Waals surface area contributed by atoms with Gasteiger partial charge in [0.1, 0.15) is 17.7 Å². The Bertz CT molecular complexity index is 783. The Morgan fingerprint density at radius 3 is 2.81 bits per heavy atom. The first-order chi connectivity index (χ1) is 13.3. The summed E-state index contributed by atoms with van der Waals surface area (Å²) in [7, 11) is 0. The van der Waals surface area contributed by atoms with E-state index >= 15 is 0 Å². The van der Waals surface area contributed by atoms with Crippen LogP contribution in [0.5, 0.6) is 5.75 Å². The molecule has 6 heteroatoms. The van der Waals surface area contributed by atoms with E-state index in [1.54, 1.807) is 6.20 Å². The van der Waals surface area contributed by atoms with Crippen LogP contribution in [-0.4, -0.2) is 54.6 Å². The second-order valence-corrected chi connectivity index (χ2v) is 7.49. The van der Waals surface area contributed by atoms with Gasteiger partial charge in [-0.2, -0.15) is 0 Å². The number of carbonyl (C=O) groups is 1. The van der Waals surface area contributed by atoms with Gasteiger partial charge in [0.15, 0.2) is 0 Å². The fourth-order valence-electron chi connectivity index (χ4n) is 3.84. The summed E-state index contributed by atoms with van der Waals surface area (Å²) in [4.78, 5) is 18.9. The number of ether oxygens (including phenoxy) is 1. The molecule has 4 rings (SSSR count). The lowest BCUT2D eigenvalue weighted by atomic mass is 10.1.